The molecular formula is C29H26ClN7O3. The van der Waals surface area contributed by atoms with Gasteiger partial charge in [-0.15, -0.1) is 5.10 Å². The van der Waals surface area contributed by atoms with Crippen LogP contribution in [0.3, 0.4) is 0 Å². The summed E-state index contributed by atoms with van der Waals surface area (Å²) in [6.07, 6.45) is 6.87. The normalized spacial score (nSPS) is 12.0. The number of nitrogens with one attached hydrogen (secondary N) is 3. The Kier molecular flexibility index (Phi) is 8.17. The molecule has 0 fully saturated rings. The van der Waals surface area contributed by atoms with Crippen LogP contribution in [0.2, 0.25) is 5.02 Å². The first kappa shape index (κ1) is 26.6. The lowest BCUT2D eigenvalue weighted by atomic mass is 10.1. The van der Waals surface area contributed by atoms with Crippen molar-refractivity contribution in [2.75, 3.05) is 11.9 Å². The van der Waals surface area contributed by atoms with E-state index >= 15 is 0 Å². The summed E-state index contributed by atoms with van der Waals surface area (Å²) in [6, 6.07) is 20.7. The number of halogens is 1. The van der Waals surface area contributed by atoms with E-state index in [-0.39, 0.29) is 18.4 Å². The van der Waals surface area contributed by atoms with Gasteiger partial charge in [-0.05, 0) is 70.4 Å². The Labute approximate surface area is 234 Å². The number of anilines is 1. The van der Waals surface area contributed by atoms with Crippen molar-refractivity contribution in [2.24, 2.45) is 0 Å². The number of aliphatic carboxylic acids is 1. The molecule has 40 heavy (non-hydrogen) atoms. The number of carboxylic acid groups (broad SMARTS) is 1. The monoisotopic (exact) mass is 555 g/mol. The Morgan fingerprint density at radius 1 is 1.10 bits per heavy atom. The average Bonchev–Trinajstić information content (AvgIpc) is 3.61. The van der Waals surface area contributed by atoms with Crippen molar-refractivity contribution in [2.45, 2.75) is 18.9 Å². The van der Waals surface area contributed by atoms with Gasteiger partial charge in [-0.25, -0.2) is 0 Å². The molecule has 0 aliphatic rings. The fraction of sp³-hybridized carbons (Fsp3) is 0.138. The molecule has 202 valence electrons. The van der Waals surface area contributed by atoms with Crippen LogP contribution in [-0.2, 0) is 22.4 Å². The van der Waals surface area contributed by atoms with Crippen LogP contribution in [0, 0.1) is 0 Å². The SMILES string of the molecule is O=C(O)Cc1c[nH]c2ccc(NCC(Cc3ccccc3)NC(=O)/C=C/c3cc(Cl)ccc3-n3cnnn3)cc12. The van der Waals surface area contributed by atoms with Gasteiger partial charge in [0.05, 0.1) is 18.2 Å². The molecule has 1 amide bonds. The first-order valence-electron chi connectivity index (χ1n) is 12.6. The summed E-state index contributed by atoms with van der Waals surface area (Å²) in [5.74, 6) is -1.16. The molecule has 0 spiro atoms. The summed E-state index contributed by atoms with van der Waals surface area (Å²) in [4.78, 5) is 27.4. The van der Waals surface area contributed by atoms with Gasteiger partial charge in [0.2, 0.25) is 5.91 Å². The highest BCUT2D eigenvalue weighted by molar-refractivity contribution is 6.30. The van der Waals surface area contributed by atoms with E-state index < -0.39 is 5.97 Å². The van der Waals surface area contributed by atoms with E-state index in [9.17, 15) is 14.7 Å². The molecule has 5 rings (SSSR count). The minimum absolute atomic E-state index is 0.0652. The van der Waals surface area contributed by atoms with Crippen LogP contribution < -0.4 is 10.6 Å². The number of H-pyrrole nitrogens is 1. The van der Waals surface area contributed by atoms with Crippen LogP contribution in [0.5, 0.6) is 0 Å². The zero-order chi connectivity index (χ0) is 27.9. The van der Waals surface area contributed by atoms with Crippen molar-refractivity contribution < 1.29 is 14.7 Å². The van der Waals surface area contributed by atoms with Crippen molar-refractivity contribution in [1.82, 2.24) is 30.5 Å². The van der Waals surface area contributed by atoms with Crippen molar-refractivity contribution in [3.63, 3.8) is 0 Å². The van der Waals surface area contributed by atoms with E-state index in [0.717, 1.165) is 22.2 Å². The number of fused-ring (bicyclic) bond motifs is 1. The zero-order valence-electron chi connectivity index (χ0n) is 21.3. The Bertz CT molecular complexity index is 1650. The van der Waals surface area contributed by atoms with Gasteiger partial charge < -0.3 is 20.7 Å². The topological polar surface area (TPSA) is 138 Å². The predicted molar refractivity (Wildman–Crippen MR) is 153 cm³/mol. The quantitative estimate of drug-likeness (QED) is 0.178. The minimum Gasteiger partial charge on any atom is -0.481 e. The molecule has 1 atom stereocenters. The highest BCUT2D eigenvalue weighted by atomic mass is 35.5. The van der Waals surface area contributed by atoms with Gasteiger partial charge >= 0.3 is 5.97 Å². The van der Waals surface area contributed by atoms with E-state index in [1.54, 1.807) is 30.5 Å². The molecule has 1 unspecified atom stereocenters. The van der Waals surface area contributed by atoms with Crippen LogP contribution >= 0.6 is 11.6 Å². The predicted octanol–water partition coefficient (Wildman–Crippen LogP) is 4.28. The molecule has 2 heterocycles. The molecule has 5 aromatic rings. The van der Waals surface area contributed by atoms with E-state index in [0.29, 0.717) is 34.8 Å². The number of hydrogen-bond donors (Lipinski definition) is 4. The number of tetrazole rings is 1. The standard InChI is InChI=1S/C29H26ClN7O3/c30-22-7-10-27(37-18-33-35-36-37)20(13-22)6-11-28(38)34-24(12-19-4-2-1-3-5-19)17-31-23-8-9-26-25(15-23)21(16-32-26)14-29(39)40/h1-11,13,15-16,18,24,31-32H,12,14,17H2,(H,34,38)(H,39,40)/b11-6+. The van der Waals surface area contributed by atoms with Gasteiger partial charge in [-0.1, -0.05) is 41.9 Å². The van der Waals surface area contributed by atoms with E-state index in [2.05, 4.69) is 31.1 Å². The number of rotatable bonds is 11. The first-order chi connectivity index (χ1) is 19.4. The molecule has 3 aromatic carbocycles. The molecular weight excluding hydrogens is 530 g/mol. The van der Waals surface area contributed by atoms with Gasteiger partial charge in [0, 0.05) is 46.0 Å². The summed E-state index contributed by atoms with van der Waals surface area (Å²) >= 11 is 6.20. The van der Waals surface area contributed by atoms with Crippen molar-refractivity contribution >= 4 is 46.1 Å². The number of amides is 1. The number of benzene rings is 3. The van der Waals surface area contributed by atoms with E-state index in [1.165, 1.54) is 17.1 Å². The van der Waals surface area contributed by atoms with Crippen LogP contribution in [-0.4, -0.2) is 54.8 Å². The molecule has 0 aliphatic heterocycles. The van der Waals surface area contributed by atoms with Crippen molar-refractivity contribution in [3.8, 4) is 5.69 Å². The van der Waals surface area contributed by atoms with E-state index in [4.69, 9.17) is 11.6 Å². The fourth-order valence-electron chi connectivity index (χ4n) is 4.47. The summed E-state index contributed by atoms with van der Waals surface area (Å²) in [6.45, 7) is 0.450. The Balaban J connectivity index is 1.31. The maximum atomic E-state index is 13.0. The van der Waals surface area contributed by atoms with Gasteiger partial charge in [-0.2, -0.15) is 4.68 Å². The van der Waals surface area contributed by atoms with Gasteiger partial charge in [-0.3, -0.25) is 9.59 Å². The fourth-order valence-corrected chi connectivity index (χ4v) is 4.65. The Hall–Kier alpha value is -4.96. The summed E-state index contributed by atoms with van der Waals surface area (Å²) in [7, 11) is 0. The average molecular weight is 556 g/mol. The summed E-state index contributed by atoms with van der Waals surface area (Å²) in [5, 5.41) is 28.3. The number of aromatic nitrogens is 5. The molecule has 0 bridgehead atoms. The second-order valence-electron chi connectivity index (χ2n) is 9.21. The van der Waals surface area contributed by atoms with Crippen LogP contribution in [0.4, 0.5) is 5.69 Å². The molecule has 11 heteroatoms. The lowest BCUT2D eigenvalue weighted by Gasteiger charge is -2.20. The summed E-state index contributed by atoms with van der Waals surface area (Å²) in [5.41, 5.74) is 4.86. The third-order valence-corrected chi connectivity index (χ3v) is 6.57. The smallest absolute Gasteiger partial charge is 0.307 e. The lowest BCUT2D eigenvalue weighted by Crippen LogP contribution is -2.40. The number of aromatic amines is 1. The Morgan fingerprint density at radius 3 is 2.73 bits per heavy atom. The van der Waals surface area contributed by atoms with E-state index in [1.807, 2.05) is 48.5 Å². The van der Waals surface area contributed by atoms with Crippen LogP contribution in [0.25, 0.3) is 22.7 Å². The number of hydrogen-bond acceptors (Lipinski definition) is 6. The summed E-state index contributed by atoms with van der Waals surface area (Å²) < 4.78 is 1.50. The highest BCUT2D eigenvalue weighted by Gasteiger charge is 2.14. The molecule has 2 aromatic heterocycles. The second kappa shape index (κ2) is 12.3. The maximum absolute atomic E-state index is 13.0. The van der Waals surface area contributed by atoms with Crippen molar-refractivity contribution in [1.29, 1.82) is 0 Å². The number of carbonyl (C=O) groups is 2. The van der Waals surface area contributed by atoms with Gasteiger partial charge in [0.15, 0.2) is 0 Å². The third-order valence-electron chi connectivity index (χ3n) is 6.33. The minimum atomic E-state index is -0.888. The molecule has 4 N–H and O–H groups in total. The number of carboxylic acids is 1. The molecule has 0 saturated heterocycles. The van der Waals surface area contributed by atoms with Crippen molar-refractivity contribution in [3.05, 3.63) is 107 Å². The van der Waals surface area contributed by atoms with Gasteiger partial charge in [0.25, 0.3) is 0 Å². The molecule has 0 radical (unpaired) electrons. The molecule has 0 saturated carbocycles. The second-order valence-corrected chi connectivity index (χ2v) is 9.65. The first-order valence-corrected chi connectivity index (χ1v) is 12.9. The molecule has 10 nitrogen and oxygen atoms in total. The lowest BCUT2D eigenvalue weighted by molar-refractivity contribution is -0.136. The highest BCUT2D eigenvalue weighted by Crippen LogP contribution is 2.23. The van der Waals surface area contributed by atoms with Crippen LogP contribution in [0.15, 0.2) is 85.3 Å². The maximum Gasteiger partial charge on any atom is 0.307 e. The largest absolute Gasteiger partial charge is 0.481 e. The number of nitrogens with zero attached hydrogens (tertiary/aromatic N) is 4. The Morgan fingerprint density at radius 2 is 1.95 bits per heavy atom. The van der Waals surface area contributed by atoms with Crippen LogP contribution in [0.1, 0.15) is 16.7 Å². The molecule has 0 aliphatic carbocycles. The number of carbonyl (C=O) groups excluding carboxylic acids is 1. The third kappa shape index (κ3) is 6.72. The van der Waals surface area contributed by atoms with Gasteiger partial charge in [0.1, 0.15) is 6.33 Å². The zero-order valence-corrected chi connectivity index (χ0v) is 22.0.